The minimum Gasteiger partial charge on any atom is -0.358 e. The Morgan fingerprint density at radius 1 is 1.00 bits per heavy atom. The van der Waals surface area contributed by atoms with E-state index in [-0.39, 0.29) is 11.6 Å². The van der Waals surface area contributed by atoms with Crippen LogP contribution in [0.1, 0.15) is 58.9 Å². The number of hydrogen-bond acceptors (Lipinski definition) is 6. The molecule has 1 aromatic heterocycles. The normalized spacial score (nSPS) is 14.6. The first-order valence-electron chi connectivity index (χ1n) is 11.2. The molecule has 172 valence electrons. The fourth-order valence-electron chi connectivity index (χ4n) is 4.09. The average Bonchev–Trinajstić information content (AvgIpc) is 3.37. The molecule has 1 heterocycles. The van der Waals surface area contributed by atoms with Crippen molar-refractivity contribution in [3.63, 3.8) is 0 Å². The fourth-order valence-corrected chi connectivity index (χ4v) is 4.09. The first-order valence-corrected chi connectivity index (χ1v) is 11.2. The van der Waals surface area contributed by atoms with Gasteiger partial charge in [0, 0.05) is 11.1 Å². The predicted octanol–water partition coefficient (Wildman–Crippen LogP) is 5.03. The van der Waals surface area contributed by atoms with Crippen LogP contribution < -0.4 is 0 Å². The van der Waals surface area contributed by atoms with Gasteiger partial charge in [0.1, 0.15) is 12.2 Å². The van der Waals surface area contributed by atoms with Crippen molar-refractivity contribution in [3.8, 4) is 0 Å². The van der Waals surface area contributed by atoms with Crippen LogP contribution in [-0.2, 0) is 0 Å². The topological polar surface area (TPSA) is 107 Å². The number of carbonyl (C=O) groups is 2. The van der Waals surface area contributed by atoms with Gasteiger partial charge in [0.25, 0.3) is 0 Å². The number of rotatable bonds is 8. The van der Waals surface area contributed by atoms with Gasteiger partial charge in [-0.25, -0.2) is 4.99 Å². The molecule has 0 bridgehead atoms. The summed E-state index contributed by atoms with van der Waals surface area (Å²) in [6.07, 6.45) is 7.41. The van der Waals surface area contributed by atoms with E-state index in [9.17, 15) is 19.7 Å². The molecule has 0 amide bonds. The molecule has 2 aromatic carbocycles. The lowest BCUT2D eigenvalue weighted by Gasteiger charge is -2.19. The molecule has 0 spiro atoms. The van der Waals surface area contributed by atoms with Crippen LogP contribution in [-0.4, -0.2) is 38.0 Å². The largest absolute Gasteiger partial charge is 0.381 e. The number of aliphatic imine (C=N–C) groups is 1. The van der Waals surface area contributed by atoms with Crippen LogP contribution in [0.4, 0.5) is 5.82 Å². The second-order valence-electron chi connectivity index (χ2n) is 8.21. The van der Waals surface area contributed by atoms with Crippen molar-refractivity contribution in [2.24, 2.45) is 4.99 Å². The molecule has 8 nitrogen and oxygen atoms in total. The van der Waals surface area contributed by atoms with Gasteiger partial charge in [0.2, 0.25) is 12.1 Å². The number of ketones is 2. The molecule has 34 heavy (non-hydrogen) atoms. The first kappa shape index (κ1) is 23.0. The van der Waals surface area contributed by atoms with E-state index in [1.54, 1.807) is 60.7 Å². The van der Waals surface area contributed by atoms with Crippen molar-refractivity contribution < 1.29 is 14.5 Å². The molecule has 1 fully saturated rings. The lowest BCUT2D eigenvalue weighted by atomic mass is 9.92. The van der Waals surface area contributed by atoms with Gasteiger partial charge in [-0.2, -0.15) is 0 Å². The zero-order valence-corrected chi connectivity index (χ0v) is 18.5. The molecule has 0 aliphatic heterocycles. The van der Waals surface area contributed by atoms with Crippen LogP contribution in [0.5, 0.6) is 0 Å². The van der Waals surface area contributed by atoms with Crippen molar-refractivity contribution in [2.45, 2.75) is 44.2 Å². The summed E-state index contributed by atoms with van der Waals surface area (Å²) in [5, 5.41) is 11.3. The molecular formula is C26H24N4O4. The SMILES string of the molecule is O=C(C(=C=NC1CCCCC1)C(C(=O)c1ccccc1)n1cnc([N+](=O)[O-])c1)c1ccccc1. The summed E-state index contributed by atoms with van der Waals surface area (Å²) in [6, 6.07) is 15.9. The maximum absolute atomic E-state index is 13.7. The standard InChI is InChI=1S/C26H24N4O4/c31-25(19-10-4-1-5-11-19)22(16-27-21-14-8-3-9-15-21)24(26(32)20-12-6-2-7-13-20)29-17-23(28-18-29)30(33)34/h1-2,4-7,10-13,17-18,21,24H,3,8-9,14-15H2. The summed E-state index contributed by atoms with van der Waals surface area (Å²) < 4.78 is 1.30. The third-order valence-corrected chi connectivity index (χ3v) is 5.88. The number of nitrogens with zero attached hydrogens (tertiary/aromatic N) is 4. The molecule has 8 heteroatoms. The minimum atomic E-state index is -1.20. The van der Waals surface area contributed by atoms with Gasteiger partial charge in [0.05, 0.1) is 11.6 Å². The molecule has 0 N–H and O–H groups in total. The van der Waals surface area contributed by atoms with Crippen LogP contribution in [0, 0.1) is 10.1 Å². The predicted molar refractivity (Wildman–Crippen MR) is 127 cm³/mol. The molecule has 1 atom stereocenters. The van der Waals surface area contributed by atoms with E-state index in [2.05, 4.69) is 15.8 Å². The van der Waals surface area contributed by atoms with Gasteiger partial charge in [-0.05, 0) is 28.6 Å². The number of nitro groups is 1. The third-order valence-electron chi connectivity index (χ3n) is 5.88. The Morgan fingerprint density at radius 2 is 1.62 bits per heavy atom. The molecule has 1 saturated carbocycles. The maximum atomic E-state index is 13.7. The van der Waals surface area contributed by atoms with E-state index in [1.807, 2.05) is 0 Å². The number of imidazole rings is 1. The highest BCUT2D eigenvalue weighted by atomic mass is 16.6. The van der Waals surface area contributed by atoms with Crippen LogP contribution in [0.3, 0.4) is 0 Å². The van der Waals surface area contributed by atoms with E-state index in [0.717, 1.165) is 38.3 Å². The van der Waals surface area contributed by atoms with Crippen LogP contribution in [0.25, 0.3) is 0 Å². The zero-order chi connectivity index (χ0) is 23.9. The van der Waals surface area contributed by atoms with Crippen molar-refractivity contribution in [2.75, 3.05) is 0 Å². The number of allylic oxidation sites excluding steroid dienone is 1. The van der Waals surface area contributed by atoms with E-state index in [0.29, 0.717) is 11.1 Å². The maximum Gasteiger partial charge on any atom is 0.381 e. The van der Waals surface area contributed by atoms with E-state index in [1.165, 1.54) is 10.9 Å². The monoisotopic (exact) mass is 456 g/mol. The van der Waals surface area contributed by atoms with E-state index < -0.39 is 28.3 Å². The van der Waals surface area contributed by atoms with Gasteiger partial charge < -0.3 is 10.1 Å². The number of benzene rings is 2. The Kier molecular flexibility index (Phi) is 7.20. The molecule has 4 rings (SSSR count). The Morgan fingerprint density at radius 3 is 2.21 bits per heavy atom. The Bertz CT molecular complexity index is 1240. The van der Waals surface area contributed by atoms with Crippen molar-refractivity contribution in [1.82, 2.24) is 9.55 Å². The average molecular weight is 457 g/mol. The zero-order valence-electron chi connectivity index (χ0n) is 18.5. The van der Waals surface area contributed by atoms with Gasteiger partial charge in [-0.1, -0.05) is 79.9 Å². The lowest BCUT2D eigenvalue weighted by molar-refractivity contribution is -0.389. The first-order chi connectivity index (χ1) is 16.5. The summed E-state index contributed by atoms with van der Waals surface area (Å²) in [4.78, 5) is 46.3. The molecule has 3 aromatic rings. The van der Waals surface area contributed by atoms with Crippen LogP contribution in [0.15, 0.2) is 83.8 Å². The summed E-state index contributed by atoms with van der Waals surface area (Å²) in [7, 11) is 0. The smallest absolute Gasteiger partial charge is 0.358 e. The highest BCUT2D eigenvalue weighted by Gasteiger charge is 2.33. The van der Waals surface area contributed by atoms with Crippen LogP contribution in [0.2, 0.25) is 0 Å². The number of Topliss-reactive ketones (excluding diaryl/α,β-unsaturated/α-hetero) is 2. The number of carbonyl (C=O) groups excluding carboxylic acids is 2. The lowest BCUT2D eigenvalue weighted by Crippen LogP contribution is -2.26. The van der Waals surface area contributed by atoms with E-state index >= 15 is 0 Å². The molecule has 0 saturated heterocycles. The van der Waals surface area contributed by atoms with Crippen LogP contribution >= 0.6 is 0 Å². The Hall–Kier alpha value is -4.16. The van der Waals surface area contributed by atoms with Gasteiger partial charge in [-0.15, -0.1) is 0 Å². The summed E-state index contributed by atoms with van der Waals surface area (Å²) in [5.41, 5.74) is 0.768. The fraction of sp³-hybridized carbons (Fsp3) is 0.269. The van der Waals surface area contributed by atoms with Gasteiger partial charge in [-0.3, -0.25) is 14.2 Å². The van der Waals surface area contributed by atoms with E-state index in [4.69, 9.17) is 0 Å². The number of hydrogen-bond donors (Lipinski definition) is 0. The molecule has 1 aliphatic rings. The summed E-state index contributed by atoms with van der Waals surface area (Å²) in [5.74, 6) is 1.70. The van der Waals surface area contributed by atoms with Gasteiger partial charge in [0.15, 0.2) is 5.78 Å². The molecule has 0 radical (unpaired) electrons. The third kappa shape index (κ3) is 5.24. The molecular weight excluding hydrogens is 432 g/mol. The Balaban J connectivity index is 1.87. The second-order valence-corrected chi connectivity index (χ2v) is 8.21. The highest BCUT2D eigenvalue weighted by molar-refractivity contribution is 6.19. The minimum absolute atomic E-state index is 0.0249. The van der Waals surface area contributed by atoms with Crippen molar-refractivity contribution >= 4 is 23.3 Å². The quantitative estimate of drug-likeness (QED) is 0.155. The van der Waals surface area contributed by atoms with Crippen molar-refractivity contribution in [3.05, 3.63) is 100 Å². The number of aromatic nitrogens is 2. The summed E-state index contributed by atoms with van der Waals surface area (Å²) in [6.45, 7) is 0. The summed E-state index contributed by atoms with van der Waals surface area (Å²) >= 11 is 0. The molecule has 1 aliphatic carbocycles. The molecule has 1 unspecified atom stereocenters. The highest BCUT2D eigenvalue weighted by Crippen LogP contribution is 2.27. The van der Waals surface area contributed by atoms with Crippen molar-refractivity contribution in [1.29, 1.82) is 0 Å². The van der Waals surface area contributed by atoms with Gasteiger partial charge >= 0.3 is 5.82 Å². The Labute approximate surface area is 196 Å². The second kappa shape index (κ2) is 10.6.